The third-order valence-corrected chi connectivity index (χ3v) is 6.06. The van der Waals surface area contributed by atoms with E-state index in [0.29, 0.717) is 12.4 Å². The number of halogens is 3. The SMILES string of the molecule is CC(C)c1ccccc1-c1ncc(C(F)(F)F)c(NCC2CCN(c3ccccn3)CC2)n1. The molecule has 0 spiro atoms. The fourth-order valence-corrected chi connectivity index (χ4v) is 4.21. The Balaban J connectivity index is 1.50. The number of alkyl halides is 3. The van der Waals surface area contributed by atoms with E-state index >= 15 is 0 Å². The van der Waals surface area contributed by atoms with Crippen molar-refractivity contribution in [2.45, 2.75) is 38.8 Å². The maximum absolute atomic E-state index is 13.7. The highest BCUT2D eigenvalue weighted by Crippen LogP contribution is 2.36. The van der Waals surface area contributed by atoms with Gasteiger partial charge in [-0.3, -0.25) is 0 Å². The summed E-state index contributed by atoms with van der Waals surface area (Å²) in [6.45, 7) is 6.17. The van der Waals surface area contributed by atoms with Crippen LogP contribution in [0.2, 0.25) is 0 Å². The average molecular weight is 456 g/mol. The molecular formula is C25H28F3N5. The summed E-state index contributed by atoms with van der Waals surface area (Å²) in [5, 5.41) is 3.00. The summed E-state index contributed by atoms with van der Waals surface area (Å²) in [7, 11) is 0. The average Bonchev–Trinajstić information content (AvgIpc) is 2.83. The summed E-state index contributed by atoms with van der Waals surface area (Å²) in [4.78, 5) is 15.0. The van der Waals surface area contributed by atoms with Crippen molar-refractivity contribution in [2.75, 3.05) is 29.9 Å². The highest BCUT2D eigenvalue weighted by molar-refractivity contribution is 5.63. The molecular weight excluding hydrogens is 427 g/mol. The van der Waals surface area contributed by atoms with Crippen LogP contribution in [-0.2, 0) is 6.18 Å². The van der Waals surface area contributed by atoms with Crippen molar-refractivity contribution in [2.24, 2.45) is 5.92 Å². The van der Waals surface area contributed by atoms with Gasteiger partial charge in [-0.05, 0) is 42.4 Å². The van der Waals surface area contributed by atoms with Crippen LogP contribution in [0.4, 0.5) is 24.8 Å². The second kappa shape index (κ2) is 9.77. The number of rotatable bonds is 6. The minimum Gasteiger partial charge on any atom is -0.369 e. The number of pyridine rings is 1. The fourth-order valence-electron chi connectivity index (χ4n) is 4.21. The van der Waals surface area contributed by atoms with Crippen LogP contribution < -0.4 is 10.2 Å². The molecule has 2 aromatic heterocycles. The quantitative estimate of drug-likeness (QED) is 0.493. The van der Waals surface area contributed by atoms with Gasteiger partial charge in [-0.25, -0.2) is 15.0 Å². The first-order valence-electron chi connectivity index (χ1n) is 11.3. The molecule has 1 aliphatic rings. The molecule has 0 saturated carbocycles. The van der Waals surface area contributed by atoms with Crippen LogP contribution in [-0.4, -0.2) is 34.6 Å². The van der Waals surface area contributed by atoms with Gasteiger partial charge in [0.05, 0.1) is 0 Å². The smallest absolute Gasteiger partial charge is 0.369 e. The Kier molecular flexibility index (Phi) is 6.81. The summed E-state index contributed by atoms with van der Waals surface area (Å²) >= 11 is 0. The van der Waals surface area contributed by atoms with Crippen molar-refractivity contribution in [1.82, 2.24) is 15.0 Å². The zero-order valence-corrected chi connectivity index (χ0v) is 18.8. The maximum Gasteiger partial charge on any atom is 0.421 e. The van der Waals surface area contributed by atoms with Crippen molar-refractivity contribution < 1.29 is 13.2 Å². The summed E-state index contributed by atoms with van der Waals surface area (Å²) < 4.78 is 41.0. The van der Waals surface area contributed by atoms with Crippen LogP contribution in [0.25, 0.3) is 11.4 Å². The minimum atomic E-state index is -4.53. The molecule has 174 valence electrons. The zero-order chi connectivity index (χ0) is 23.4. The molecule has 3 aromatic rings. The molecule has 4 rings (SSSR count). The Morgan fingerprint density at radius 3 is 2.42 bits per heavy atom. The third-order valence-electron chi connectivity index (χ3n) is 6.06. The molecule has 8 heteroatoms. The Bertz CT molecular complexity index is 1060. The second-order valence-corrected chi connectivity index (χ2v) is 8.69. The molecule has 5 nitrogen and oxygen atoms in total. The lowest BCUT2D eigenvalue weighted by Crippen LogP contribution is -2.36. The molecule has 3 heterocycles. The van der Waals surface area contributed by atoms with Gasteiger partial charge < -0.3 is 10.2 Å². The van der Waals surface area contributed by atoms with E-state index in [0.717, 1.165) is 49.1 Å². The van der Waals surface area contributed by atoms with Crippen LogP contribution in [0.1, 0.15) is 43.7 Å². The van der Waals surface area contributed by atoms with Gasteiger partial charge in [0.2, 0.25) is 0 Å². The predicted molar refractivity (Wildman–Crippen MR) is 124 cm³/mol. The molecule has 0 bridgehead atoms. The highest BCUT2D eigenvalue weighted by Gasteiger charge is 2.35. The normalized spacial score (nSPS) is 15.2. The highest BCUT2D eigenvalue weighted by atomic mass is 19.4. The van der Waals surface area contributed by atoms with E-state index in [2.05, 4.69) is 25.2 Å². The summed E-state index contributed by atoms with van der Waals surface area (Å²) in [6.07, 6.45) is -0.115. The van der Waals surface area contributed by atoms with Gasteiger partial charge in [0.15, 0.2) is 5.82 Å². The second-order valence-electron chi connectivity index (χ2n) is 8.69. The lowest BCUT2D eigenvalue weighted by molar-refractivity contribution is -0.137. The van der Waals surface area contributed by atoms with Gasteiger partial charge in [-0.1, -0.05) is 44.2 Å². The molecule has 1 aliphatic heterocycles. The fraction of sp³-hybridized carbons (Fsp3) is 0.400. The third kappa shape index (κ3) is 5.43. The van der Waals surface area contributed by atoms with E-state index in [-0.39, 0.29) is 17.7 Å². The van der Waals surface area contributed by atoms with Gasteiger partial charge in [-0.15, -0.1) is 0 Å². The van der Waals surface area contributed by atoms with Crippen molar-refractivity contribution in [1.29, 1.82) is 0 Å². The topological polar surface area (TPSA) is 53.9 Å². The van der Waals surface area contributed by atoms with Crippen molar-refractivity contribution in [3.63, 3.8) is 0 Å². The van der Waals surface area contributed by atoms with Gasteiger partial charge >= 0.3 is 6.18 Å². The van der Waals surface area contributed by atoms with Crippen molar-refractivity contribution in [3.8, 4) is 11.4 Å². The first-order chi connectivity index (χ1) is 15.8. The molecule has 0 radical (unpaired) electrons. The first-order valence-corrected chi connectivity index (χ1v) is 11.3. The number of anilines is 2. The van der Waals surface area contributed by atoms with E-state index in [9.17, 15) is 13.2 Å². The van der Waals surface area contributed by atoms with E-state index in [1.807, 2.05) is 56.3 Å². The van der Waals surface area contributed by atoms with Crippen LogP contribution >= 0.6 is 0 Å². The van der Waals surface area contributed by atoms with Gasteiger partial charge in [0.1, 0.15) is 17.2 Å². The van der Waals surface area contributed by atoms with Crippen LogP contribution in [0.3, 0.4) is 0 Å². The maximum atomic E-state index is 13.7. The molecule has 1 fully saturated rings. The molecule has 1 aromatic carbocycles. The lowest BCUT2D eigenvalue weighted by atomic mass is 9.96. The molecule has 0 aliphatic carbocycles. The number of benzene rings is 1. The molecule has 1 saturated heterocycles. The molecule has 0 unspecified atom stereocenters. The largest absolute Gasteiger partial charge is 0.421 e. The van der Waals surface area contributed by atoms with Gasteiger partial charge in [0, 0.05) is 37.6 Å². The zero-order valence-electron chi connectivity index (χ0n) is 18.8. The summed E-state index contributed by atoms with van der Waals surface area (Å²) in [5.74, 6) is 1.55. The number of nitrogens with zero attached hydrogens (tertiary/aromatic N) is 4. The number of hydrogen-bond donors (Lipinski definition) is 1. The number of nitrogens with one attached hydrogen (secondary N) is 1. The van der Waals surface area contributed by atoms with Crippen molar-refractivity contribution >= 4 is 11.6 Å². The van der Waals surface area contributed by atoms with Gasteiger partial charge in [-0.2, -0.15) is 13.2 Å². The molecule has 0 atom stereocenters. The van der Waals surface area contributed by atoms with Crippen LogP contribution in [0.5, 0.6) is 0 Å². The summed E-state index contributed by atoms with van der Waals surface area (Å²) in [5.41, 5.74) is 0.928. The van der Waals surface area contributed by atoms with E-state index in [1.54, 1.807) is 6.20 Å². The lowest BCUT2D eigenvalue weighted by Gasteiger charge is -2.33. The first kappa shape index (κ1) is 23.0. The van der Waals surface area contributed by atoms with E-state index in [4.69, 9.17) is 0 Å². The minimum absolute atomic E-state index is 0.154. The standard InChI is InChI=1S/C25H28F3N5/c1-17(2)19-7-3-4-8-20(19)23-31-16-21(25(26,27)28)24(32-23)30-15-18-10-13-33(14-11-18)22-9-5-6-12-29-22/h3-9,12,16-18H,10-11,13-15H2,1-2H3,(H,30,31,32). The van der Waals surface area contributed by atoms with E-state index in [1.165, 1.54) is 0 Å². The number of aromatic nitrogens is 3. The Hall–Kier alpha value is -3.16. The van der Waals surface area contributed by atoms with Crippen LogP contribution in [0, 0.1) is 5.92 Å². The number of piperidine rings is 1. The Morgan fingerprint density at radius 2 is 1.76 bits per heavy atom. The summed E-state index contributed by atoms with van der Waals surface area (Å²) in [6, 6.07) is 13.4. The van der Waals surface area contributed by atoms with Crippen LogP contribution in [0.15, 0.2) is 54.9 Å². The molecule has 33 heavy (non-hydrogen) atoms. The molecule has 0 amide bonds. The van der Waals surface area contributed by atoms with Gasteiger partial charge in [0.25, 0.3) is 0 Å². The van der Waals surface area contributed by atoms with E-state index < -0.39 is 11.7 Å². The Labute approximate surface area is 192 Å². The monoisotopic (exact) mass is 455 g/mol. The van der Waals surface area contributed by atoms with Crippen molar-refractivity contribution in [3.05, 3.63) is 66.0 Å². The predicted octanol–water partition coefficient (Wildman–Crippen LogP) is 6.01. The Morgan fingerprint density at radius 1 is 1.03 bits per heavy atom. The molecule has 1 N–H and O–H groups in total. The number of hydrogen-bond acceptors (Lipinski definition) is 5.